The molecule has 0 bridgehead atoms. The molecule has 0 heterocycles. The Hall–Kier alpha value is -2.40. The molecule has 1 aromatic rings. The van der Waals surface area contributed by atoms with Crippen LogP contribution in [0.15, 0.2) is 72.4 Å². The number of hydrogen-bond donors (Lipinski definition) is 0. The van der Waals surface area contributed by atoms with Gasteiger partial charge in [0.05, 0.1) is 6.61 Å². The molecule has 1 aromatic carbocycles. The maximum absolute atomic E-state index is 15.2. The summed E-state index contributed by atoms with van der Waals surface area (Å²) in [4.78, 5) is 0. The fraction of sp³-hybridized carbons (Fsp3) is 0.448. The van der Waals surface area contributed by atoms with E-state index >= 15 is 8.78 Å². The molecule has 4 atom stereocenters. The standard InChI is InChI=1S/C29H32F4O/c1-3-16-34-17-19-5-7-20(8-6-19)24-14-15-25(29(33)28(24)32)22-11-9-21(10-12-22)23-13-4-18(2)26(30)27(23)31/h3-4,9-15,19-20,26-29H,1,5-8,16-17H2,2H3. The molecule has 0 amide bonds. The summed E-state index contributed by atoms with van der Waals surface area (Å²) in [5, 5.41) is 0. The van der Waals surface area contributed by atoms with Crippen molar-refractivity contribution in [3.05, 3.63) is 83.5 Å². The zero-order valence-corrected chi connectivity index (χ0v) is 19.5. The van der Waals surface area contributed by atoms with Crippen molar-refractivity contribution in [3.63, 3.8) is 0 Å². The summed E-state index contributed by atoms with van der Waals surface area (Å²) in [5.41, 5.74) is 2.52. The first-order valence-electron chi connectivity index (χ1n) is 12.1. The van der Waals surface area contributed by atoms with Gasteiger partial charge in [-0.2, -0.15) is 0 Å². The minimum Gasteiger partial charge on any atom is -0.377 e. The highest BCUT2D eigenvalue weighted by molar-refractivity contribution is 5.77. The average Bonchev–Trinajstić information content (AvgIpc) is 2.85. The Bertz CT molecular complexity index is 995. The van der Waals surface area contributed by atoms with Crippen molar-refractivity contribution >= 4 is 11.1 Å². The van der Waals surface area contributed by atoms with E-state index in [1.165, 1.54) is 0 Å². The van der Waals surface area contributed by atoms with E-state index in [4.69, 9.17) is 4.74 Å². The Balaban J connectivity index is 1.45. The van der Waals surface area contributed by atoms with Crippen LogP contribution in [0.3, 0.4) is 0 Å². The Morgan fingerprint density at radius 2 is 1.35 bits per heavy atom. The highest BCUT2D eigenvalue weighted by Crippen LogP contribution is 2.41. The average molecular weight is 473 g/mol. The summed E-state index contributed by atoms with van der Waals surface area (Å²) in [6.07, 6.45) is 5.04. The van der Waals surface area contributed by atoms with Crippen LogP contribution in [-0.2, 0) is 4.74 Å². The summed E-state index contributed by atoms with van der Waals surface area (Å²) >= 11 is 0. The minimum atomic E-state index is -1.75. The van der Waals surface area contributed by atoms with Crippen LogP contribution in [0.4, 0.5) is 17.6 Å². The van der Waals surface area contributed by atoms with Crippen molar-refractivity contribution in [1.29, 1.82) is 0 Å². The number of halogens is 4. The molecule has 3 aliphatic rings. The van der Waals surface area contributed by atoms with Crippen LogP contribution in [0.25, 0.3) is 11.1 Å². The van der Waals surface area contributed by atoms with Crippen molar-refractivity contribution in [3.8, 4) is 0 Å². The van der Waals surface area contributed by atoms with Crippen LogP contribution in [-0.4, -0.2) is 37.9 Å². The van der Waals surface area contributed by atoms with Crippen LogP contribution in [0.2, 0.25) is 0 Å². The van der Waals surface area contributed by atoms with Gasteiger partial charge < -0.3 is 4.74 Å². The molecule has 1 fully saturated rings. The smallest absolute Gasteiger partial charge is 0.161 e. The molecule has 0 saturated heterocycles. The molecule has 0 aromatic heterocycles. The lowest BCUT2D eigenvalue weighted by Crippen LogP contribution is -2.30. The molecule has 4 unspecified atom stereocenters. The van der Waals surface area contributed by atoms with E-state index in [2.05, 4.69) is 6.58 Å². The van der Waals surface area contributed by atoms with E-state index in [1.807, 2.05) is 0 Å². The molecule has 0 N–H and O–H groups in total. The molecule has 0 aliphatic heterocycles. The second kappa shape index (κ2) is 10.9. The Labute approximate surface area is 199 Å². The van der Waals surface area contributed by atoms with Gasteiger partial charge in [-0.1, -0.05) is 54.6 Å². The molecule has 1 nitrogen and oxygen atoms in total. The summed E-state index contributed by atoms with van der Waals surface area (Å²) < 4.78 is 64.4. The molecular weight excluding hydrogens is 440 g/mol. The number of alkyl halides is 4. The Kier molecular flexibility index (Phi) is 7.92. The molecule has 3 aliphatic carbocycles. The second-order valence-corrected chi connectivity index (χ2v) is 9.55. The van der Waals surface area contributed by atoms with Crippen LogP contribution in [0.1, 0.15) is 43.7 Å². The van der Waals surface area contributed by atoms with Gasteiger partial charge in [0.15, 0.2) is 24.7 Å². The molecule has 1 saturated carbocycles. The van der Waals surface area contributed by atoms with Gasteiger partial charge in [-0.15, -0.1) is 6.58 Å². The third kappa shape index (κ3) is 5.14. The van der Waals surface area contributed by atoms with Gasteiger partial charge in [0.1, 0.15) is 0 Å². The lowest BCUT2D eigenvalue weighted by molar-refractivity contribution is 0.0968. The third-order valence-electron chi connectivity index (χ3n) is 7.30. The van der Waals surface area contributed by atoms with Crippen molar-refractivity contribution in [2.24, 2.45) is 11.8 Å². The highest BCUT2D eigenvalue weighted by atomic mass is 19.2. The van der Waals surface area contributed by atoms with Gasteiger partial charge in [-0.3, -0.25) is 0 Å². The van der Waals surface area contributed by atoms with Crippen molar-refractivity contribution in [2.45, 2.75) is 57.3 Å². The molecule has 0 radical (unpaired) electrons. The van der Waals surface area contributed by atoms with E-state index in [0.717, 1.165) is 25.7 Å². The third-order valence-corrected chi connectivity index (χ3v) is 7.30. The van der Waals surface area contributed by atoms with Crippen LogP contribution in [0, 0.1) is 11.8 Å². The summed E-state index contributed by atoms with van der Waals surface area (Å²) in [6.45, 7) is 6.43. The highest BCUT2D eigenvalue weighted by Gasteiger charge is 2.36. The molecule has 4 rings (SSSR count). The van der Waals surface area contributed by atoms with Crippen LogP contribution < -0.4 is 0 Å². The van der Waals surface area contributed by atoms with Crippen molar-refractivity contribution in [1.82, 2.24) is 0 Å². The number of allylic oxidation sites excluding steroid dienone is 8. The quantitative estimate of drug-likeness (QED) is 0.224. The monoisotopic (exact) mass is 472 g/mol. The number of hydrogen-bond acceptors (Lipinski definition) is 1. The normalized spacial score (nSPS) is 31.8. The lowest BCUT2D eigenvalue weighted by atomic mass is 9.74. The number of rotatable bonds is 7. The number of benzene rings is 1. The van der Waals surface area contributed by atoms with Gasteiger partial charge >= 0.3 is 0 Å². The molecule has 5 heteroatoms. The molecule has 182 valence electrons. The summed E-state index contributed by atoms with van der Waals surface area (Å²) in [7, 11) is 0. The maximum atomic E-state index is 15.2. The largest absolute Gasteiger partial charge is 0.377 e. The predicted molar refractivity (Wildman–Crippen MR) is 130 cm³/mol. The van der Waals surface area contributed by atoms with Gasteiger partial charge in [0.25, 0.3) is 0 Å². The lowest BCUT2D eigenvalue weighted by Gasteiger charge is -2.33. The molecule has 0 spiro atoms. The van der Waals surface area contributed by atoms with E-state index in [-0.39, 0.29) is 17.1 Å². The fourth-order valence-corrected chi connectivity index (χ4v) is 5.20. The van der Waals surface area contributed by atoms with E-state index in [1.54, 1.807) is 61.6 Å². The van der Waals surface area contributed by atoms with Crippen LogP contribution >= 0.6 is 0 Å². The minimum absolute atomic E-state index is 0.0500. The van der Waals surface area contributed by atoms with Gasteiger partial charge in [0.2, 0.25) is 0 Å². The predicted octanol–water partition coefficient (Wildman–Crippen LogP) is 7.71. The van der Waals surface area contributed by atoms with Gasteiger partial charge in [-0.05, 0) is 77.9 Å². The van der Waals surface area contributed by atoms with E-state index < -0.39 is 24.7 Å². The Morgan fingerprint density at radius 3 is 1.94 bits per heavy atom. The topological polar surface area (TPSA) is 9.23 Å². The zero-order chi connectivity index (χ0) is 24.2. The fourth-order valence-electron chi connectivity index (χ4n) is 5.20. The Morgan fingerprint density at radius 1 is 0.794 bits per heavy atom. The SMILES string of the molecule is C=CCOCC1CCC(C2=CC=C(c3ccc(C4=CC=C(C)C(F)C4F)cc3)C(F)C2F)CC1. The number of ether oxygens (including phenoxy) is 1. The van der Waals surface area contributed by atoms with E-state index in [9.17, 15) is 8.78 Å². The van der Waals surface area contributed by atoms with Gasteiger partial charge in [0, 0.05) is 6.61 Å². The van der Waals surface area contributed by atoms with Crippen molar-refractivity contribution in [2.75, 3.05) is 13.2 Å². The first-order valence-corrected chi connectivity index (χ1v) is 12.1. The maximum Gasteiger partial charge on any atom is 0.161 e. The summed E-state index contributed by atoms with van der Waals surface area (Å²) in [6, 6.07) is 6.59. The zero-order valence-electron chi connectivity index (χ0n) is 19.5. The first-order chi connectivity index (χ1) is 16.4. The molecule has 34 heavy (non-hydrogen) atoms. The molecular formula is C29H32F4O. The summed E-state index contributed by atoms with van der Waals surface area (Å²) in [5.74, 6) is 0.508. The first kappa shape index (κ1) is 24.7. The van der Waals surface area contributed by atoms with Gasteiger partial charge in [-0.25, -0.2) is 17.6 Å². The van der Waals surface area contributed by atoms with Crippen LogP contribution in [0.5, 0.6) is 0 Å². The van der Waals surface area contributed by atoms with Crippen molar-refractivity contribution < 1.29 is 22.3 Å². The second-order valence-electron chi connectivity index (χ2n) is 9.55. The van der Waals surface area contributed by atoms with E-state index in [0.29, 0.717) is 41.4 Å².